The van der Waals surface area contributed by atoms with Gasteiger partial charge in [0.2, 0.25) is 11.8 Å². The van der Waals surface area contributed by atoms with Crippen molar-refractivity contribution < 1.29 is 29.0 Å². The molecule has 1 heterocycles. The molecule has 1 aliphatic heterocycles. The van der Waals surface area contributed by atoms with Crippen molar-refractivity contribution in [3.05, 3.63) is 35.9 Å². The predicted molar refractivity (Wildman–Crippen MR) is 100 cm³/mol. The summed E-state index contributed by atoms with van der Waals surface area (Å²) < 4.78 is 5.22. The van der Waals surface area contributed by atoms with Crippen LogP contribution in [0.4, 0.5) is 0 Å². The number of piperazine rings is 1. The zero-order valence-electron chi connectivity index (χ0n) is 15.8. The van der Waals surface area contributed by atoms with Gasteiger partial charge in [-0.25, -0.2) is 0 Å². The van der Waals surface area contributed by atoms with Crippen LogP contribution in [0.2, 0.25) is 0 Å². The topological polar surface area (TPSA) is 113 Å². The van der Waals surface area contributed by atoms with Crippen molar-refractivity contribution in [2.75, 3.05) is 19.7 Å². The van der Waals surface area contributed by atoms with E-state index in [1.807, 2.05) is 30.3 Å². The molecule has 1 unspecified atom stereocenters. The van der Waals surface area contributed by atoms with Crippen LogP contribution in [0.1, 0.15) is 37.7 Å². The lowest BCUT2D eigenvalue weighted by Crippen LogP contribution is -2.57. The van der Waals surface area contributed by atoms with Crippen LogP contribution < -0.4 is 5.32 Å². The maximum Gasteiger partial charge on any atom is 0.308 e. The molecule has 1 atom stereocenters. The summed E-state index contributed by atoms with van der Waals surface area (Å²) in [5.74, 6) is -2.21. The number of nitrogens with zero attached hydrogens (tertiary/aromatic N) is 1. The molecule has 1 saturated heterocycles. The van der Waals surface area contributed by atoms with Gasteiger partial charge >= 0.3 is 11.9 Å². The quantitative estimate of drug-likeness (QED) is 0.457. The van der Waals surface area contributed by atoms with Crippen LogP contribution in [-0.2, 0) is 30.3 Å². The van der Waals surface area contributed by atoms with Gasteiger partial charge < -0.3 is 20.1 Å². The molecule has 0 saturated carbocycles. The van der Waals surface area contributed by atoms with Gasteiger partial charge in [-0.05, 0) is 24.8 Å². The number of ether oxygens (including phenoxy) is 1. The summed E-state index contributed by atoms with van der Waals surface area (Å²) in [6.07, 6.45) is 1.36. The van der Waals surface area contributed by atoms with Gasteiger partial charge in [-0.15, -0.1) is 0 Å². The number of hydrogen-bond donors (Lipinski definition) is 2. The van der Waals surface area contributed by atoms with Gasteiger partial charge in [0.1, 0.15) is 6.04 Å². The number of esters is 1. The van der Waals surface area contributed by atoms with Crippen molar-refractivity contribution in [1.29, 1.82) is 0 Å². The molecule has 8 nitrogen and oxygen atoms in total. The maximum absolute atomic E-state index is 12.3. The third-order valence-corrected chi connectivity index (χ3v) is 4.51. The first-order valence-corrected chi connectivity index (χ1v) is 9.46. The summed E-state index contributed by atoms with van der Waals surface area (Å²) in [6.45, 7) is 0.852. The highest BCUT2D eigenvalue weighted by Crippen LogP contribution is 2.13. The average Bonchev–Trinajstić information content (AvgIpc) is 2.67. The van der Waals surface area contributed by atoms with E-state index < -0.39 is 18.0 Å². The summed E-state index contributed by atoms with van der Waals surface area (Å²) in [6, 6.07) is 8.93. The smallest absolute Gasteiger partial charge is 0.308 e. The van der Waals surface area contributed by atoms with Gasteiger partial charge in [0, 0.05) is 25.9 Å². The van der Waals surface area contributed by atoms with Crippen molar-refractivity contribution in [3.8, 4) is 0 Å². The molecule has 152 valence electrons. The van der Waals surface area contributed by atoms with Crippen molar-refractivity contribution in [2.45, 2.75) is 44.6 Å². The Morgan fingerprint density at radius 1 is 1.14 bits per heavy atom. The van der Waals surface area contributed by atoms with E-state index in [9.17, 15) is 19.2 Å². The largest absolute Gasteiger partial charge is 0.481 e. The van der Waals surface area contributed by atoms with Gasteiger partial charge in [0.05, 0.1) is 13.0 Å². The molecule has 0 spiro atoms. The molecule has 2 N–H and O–H groups in total. The Morgan fingerprint density at radius 2 is 1.89 bits per heavy atom. The Balaban J connectivity index is 1.78. The summed E-state index contributed by atoms with van der Waals surface area (Å²) in [5, 5.41) is 11.3. The first kappa shape index (κ1) is 21.4. The molecule has 1 aromatic carbocycles. The van der Waals surface area contributed by atoms with E-state index in [1.165, 1.54) is 4.90 Å². The van der Waals surface area contributed by atoms with Crippen LogP contribution in [0.25, 0.3) is 0 Å². The van der Waals surface area contributed by atoms with Crippen molar-refractivity contribution in [1.82, 2.24) is 10.2 Å². The van der Waals surface area contributed by atoms with Crippen molar-refractivity contribution in [2.24, 2.45) is 0 Å². The van der Waals surface area contributed by atoms with E-state index in [0.29, 0.717) is 19.5 Å². The monoisotopic (exact) mass is 390 g/mol. The number of hydrogen-bond acceptors (Lipinski definition) is 5. The van der Waals surface area contributed by atoms with E-state index in [-0.39, 0.29) is 44.1 Å². The molecule has 0 bridgehead atoms. The molecule has 2 amide bonds. The fraction of sp³-hybridized carbons (Fsp3) is 0.500. The Labute approximate surface area is 163 Å². The molecule has 0 aliphatic carbocycles. The van der Waals surface area contributed by atoms with E-state index in [4.69, 9.17) is 9.84 Å². The van der Waals surface area contributed by atoms with Crippen LogP contribution in [0, 0.1) is 0 Å². The summed E-state index contributed by atoms with van der Waals surface area (Å²) in [7, 11) is 0. The number of carboxylic acid groups (broad SMARTS) is 1. The molecule has 8 heteroatoms. The number of rotatable bonds is 10. The first-order valence-electron chi connectivity index (χ1n) is 9.46. The summed E-state index contributed by atoms with van der Waals surface area (Å²) in [4.78, 5) is 48.5. The van der Waals surface area contributed by atoms with Crippen molar-refractivity contribution in [3.63, 3.8) is 0 Å². The minimum atomic E-state index is -0.972. The molecule has 2 rings (SSSR count). The number of aliphatic carboxylic acids is 1. The second kappa shape index (κ2) is 11.1. The summed E-state index contributed by atoms with van der Waals surface area (Å²) in [5.41, 5.74) is 1.16. The van der Waals surface area contributed by atoms with E-state index in [1.54, 1.807) is 0 Å². The van der Waals surface area contributed by atoms with Gasteiger partial charge in [-0.2, -0.15) is 0 Å². The van der Waals surface area contributed by atoms with Gasteiger partial charge in [0.25, 0.3) is 0 Å². The fourth-order valence-corrected chi connectivity index (χ4v) is 3.07. The van der Waals surface area contributed by atoms with Gasteiger partial charge in [0.15, 0.2) is 0 Å². The third-order valence-electron chi connectivity index (χ3n) is 4.51. The summed E-state index contributed by atoms with van der Waals surface area (Å²) >= 11 is 0. The Kier molecular flexibility index (Phi) is 8.45. The molecule has 28 heavy (non-hydrogen) atoms. The minimum absolute atomic E-state index is 0.0300. The van der Waals surface area contributed by atoms with Crippen LogP contribution >= 0.6 is 0 Å². The number of carbonyl (C=O) groups excluding carboxylic acids is 3. The van der Waals surface area contributed by atoms with Gasteiger partial charge in [-0.3, -0.25) is 19.2 Å². The van der Waals surface area contributed by atoms with Crippen LogP contribution in [0.5, 0.6) is 0 Å². The molecule has 1 aromatic rings. The van der Waals surface area contributed by atoms with E-state index in [0.717, 1.165) is 12.0 Å². The highest BCUT2D eigenvalue weighted by Gasteiger charge is 2.34. The molecular formula is C20H26N2O6. The van der Waals surface area contributed by atoms with Crippen molar-refractivity contribution >= 4 is 23.8 Å². The fourth-order valence-electron chi connectivity index (χ4n) is 3.07. The van der Waals surface area contributed by atoms with E-state index >= 15 is 0 Å². The number of nitrogens with one attached hydrogen (secondary N) is 1. The van der Waals surface area contributed by atoms with E-state index in [2.05, 4.69) is 5.32 Å². The maximum atomic E-state index is 12.3. The number of amides is 2. The standard InChI is InChI=1S/C20H26N2O6/c23-17(9-4-10-18(24)25)22-12-11-21-20(27)16(22)14-19(26)28-13-5-8-15-6-2-1-3-7-15/h1-3,6-7,16H,4-5,8-14H2,(H,21,27)(H,24,25). The second-order valence-corrected chi connectivity index (χ2v) is 6.65. The zero-order valence-corrected chi connectivity index (χ0v) is 15.8. The molecule has 1 fully saturated rings. The highest BCUT2D eigenvalue weighted by molar-refractivity contribution is 5.92. The highest BCUT2D eigenvalue weighted by atomic mass is 16.5. The molecule has 0 aromatic heterocycles. The third kappa shape index (κ3) is 7.02. The van der Waals surface area contributed by atoms with Crippen LogP contribution in [0.15, 0.2) is 30.3 Å². The SMILES string of the molecule is O=C(O)CCCC(=O)N1CCNC(=O)C1CC(=O)OCCCc1ccccc1. The Morgan fingerprint density at radius 3 is 2.61 bits per heavy atom. The lowest BCUT2D eigenvalue weighted by atomic mass is 10.1. The normalized spacial score (nSPS) is 16.4. The Hall–Kier alpha value is -2.90. The van der Waals surface area contributed by atoms with Crippen LogP contribution in [0.3, 0.4) is 0 Å². The number of benzene rings is 1. The molecule has 0 radical (unpaired) electrons. The molecule has 1 aliphatic rings. The number of aryl methyl sites for hydroxylation is 1. The zero-order chi connectivity index (χ0) is 20.4. The lowest BCUT2D eigenvalue weighted by Gasteiger charge is -2.34. The number of carbonyl (C=O) groups is 4. The average molecular weight is 390 g/mol. The van der Waals surface area contributed by atoms with Crippen LogP contribution in [-0.4, -0.2) is 59.5 Å². The Bertz CT molecular complexity index is 691. The predicted octanol–water partition coefficient (Wildman–Crippen LogP) is 1.13. The van der Waals surface area contributed by atoms with Gasteiger partial charge in [-0.1, -0.05) is 30.3 Å². The second-order valence-electron chi connectivity index (χ2n) is 6.65. The molecular weight excluding hydrogens is 364 g/mol. The minimum Gasteiger partial charge on any atom is -0.481 e. The first-order chi connectivity index (χ1) is 13.5. The number of carboxylic acids is 1. The lowest BCUT2D eigenvalue weighted by molar-refractivity contribution is -0.152.